The lowest BCUT2D eigenvalue weighted by molar-refractivity contribution is 0.0894. The van der Waals surface area contributed by atoms with E-state index in [2.05, 4.69) is 0 Å². The van der Waals surface area contributed by atoms with Crippen LogP contribution in [-0.4, -0.2) is 18.9 Å². The molecular weight excluding hydrogens is 226 g/mol. The summed E-state index contributed by atoms with van der Waals surface area (Å²) < 4.78 is 5.16. The quantitative estimate of drug-likeness (QED) is 0.660. The number of carbonyl (C=O) groups excluding carboxylic acids is 1. The van der Waals surface area contributed by atoms with Gasteiger partial charge in [0.25, 0.3) is 0 Å². The first-order valence-electron chi connectivity index (χ1n) is 6.66. The molecule has 1 fully saturated rings. The van der Waals surface area contributed by atoms with E-state index in [-0.39, 0.29) is 17.7 Å². The van der Waals surface area contributed by atoms with Crippen LogP contribution in [-0.2, 0) is 0 Å². The summed E-state index contributed by atoms with van der Waals surface area (Å²) in [7, 11) is 1.61. The fourth-order valence-electron chi connectivity index (χ4n) is 2.65. The Hall–Kier alpha value is -1.35. The molecule has 1 saturated carbocycles. The van der Waals surface area contributed by atoms with E-state index < -0.39 is 0 Å². The van der Waals surface area contributed by atoms with Crippen LogP contribution in [0.1, 0.15) is 42.5 Å². The summed E-state index contributed by atoms with van der Waals surface area (Å²) >= 11 is 0. The number of Topliss-reactive ketones (excluding diaryl/α,β-unsaturated/α-hetero) is 1. The Labute approximate surface area is 108 Å². The highest BCUT2D eigenvalue weighted by atomic mass is 16.5. The molecule has 0 radical (unpaired) electrons. The summed E-state index contributed by atoms with van der Waals surface area (Å²) in [5, 5.41) is 0. The number of rotatable bonds is 3. The SMILES string of the molecule is COc1cccc(C(=O)C2CCCCCC2N)c1. The predicted molar refractivity (Wildman–Crippen MR) is 71.9 cm³/mol. The molecule has 1 aromatic rings. The van der Waals surface area contributed by atoms with E-state index in [0.717, 1.165) is 37.0 Å². The standard InChI is InChI=1S/C15H21NO2/c1-18-12-7-5-6-11(10-12)15(17)13-8-3-2-4-9-14(13)16/h5-7,10,13-14H,2-4,8-9,16H2,1H3. The fraction of sp³-hybridized carbons (Fsp3) is 0.533. The minimum absolute atomic E-state index is 0.00574. The number of nitrogens with two attached hydrogens (primary N) is 1. The first kappa shape index (κ1) is 13.1. The van der Waals surface area contributed by atoms with Gasteiger partial charge in [-0.3, -0.25) is 4.79 Å². The Kier molecular flexibility index (Phi) is 4.37. The van der Waals surface area contributed by atoms with E-state index in [1.165, 1.54) is 6.42 Å². The van der Waals surface area contributed by atoms with E-state index >= 15 is 0 Å². The molecule has 0 aromatic heterocycles. The molecule has 18 heavy (non-hydrogen) atoms. The topological polar surface area (TPSA) is 52.3 Å². The summed E-state index contributed by atoms with van der Waals surface area (Å²) in [4.78, 5) is 12.5. The van der Waals surface area contributed by atoms with Crippen molar-refractivity contribution in [1.82, 2.24) is 0 Å². The van der Waals surface area contributed by atoms with Crippen LogP contribution in [0.2, 0.25) is 0 Å². The minimum Gasteiger partial charge on any atom is -0.497 e. The smallest absolute Gasteiger partial charge is 0.167 e. The second kappa shape index (κ2) is 6.01. The van der Waals surface area contributed by atoms with Gasteiger partial charge < -0.3 is 10.5 Å². The van der Waals surface area contributed by atoms with Crippen LogP contribution in [0.15, 0.2) is 24.3 Å². The molecule has 0 saturated heterocycles. The van der Waals surface area contributed by atoms with Gasteiger partial charge in [0, 0.05) is 17.5 Å². The van der Waals surface area contributed by atoms with Gasteiger partial charge in [-0.15, -0.1) is 0 Å². The molecule has 1 aliphatic rings. The van der Waals surface area contributed by atoms with Crippen molar-refractivity contribution < 1.29 is 9.53 Å². The van der Waals surface area contributed by atoms with Gasteiger partial charge in [-0.05, 0) is 25.0 Å². The average molecular weight is 247 g/mol. The van der Waals surface area contributed by atoms with Gasteiger partial charge in [0.2, 0.25) is 0 Å². The number of ketones is 1. The molecule has 2 atom stereocenters. The maximum absolute atomic E-state index is 12.5. The van der Waals surface area contributed by atoms with Crippen molar-refractivity contribution in [2.45, 2.75) is 38.1 Å². The van der Waals surface area contributed by atoms with Crippen LogP contribution in [0.5, 0.6) is 5.75 Å². The maximum Gasteiger partial charge on any atom is 0.167 e. The maximum atomic E-state index is 12.5. The normalized spacial score (nSPS) is 24.3. The van der Waals surface area contributed by atoms with Crippen molar-refractivity contribution in [2.24, 2.45) is 11.7 Å². The molecular formula is C15H21NO2. The Morgan fingerprint density at radius 3 is 2.83 bits per heavy atom. The molecule has 0 amide bonds. The number of methoxy groups -OCH3 is 1. The zero-order chi connectivity index (χ0) is 13.0. The lowest BCUT2D eigenvalue weighted by atomic mass is 9.87. The van der Waals surface area contributed by atoms with E-state index in [4.69, 9.17) is 10.5 Å². The van der Waals surface area contributed by atoms with Crippen molar-refractivity contribution in [3.63, 3.8) is 0 Å². The van der Waals surface area contributed by atoms with Crippen molar-refractivity contribution in [1.29, 1.82) is 0 Å². The van der Waals surface area contributed by atoms with Gasteiger partial charge in [-0.2, -0.15) is 0 Å². The average Bonchev–Trinajstić information content (AvgIpc) is 2.62. The third-order valence-electron chi connectivity index (χ3n) is 3.76. The van der Waals surface area contributed by atoms with Gasteiger partial charge in [-0.1, -0.05) is 31.4 Å². The van der Waals surface area contributed by atoms with Gasteiger partial charge >= 0.3 is 0 Å². The molecule has 2 rings (SSSR count). The van der Waals surface area contributed by atoms with Crippen molar-refractivity contribution in [3.05, 3.63) is 29.8 Å². The molecule has 3 nitrogen and oxygen atoms in total. The lowest BCUT2D eigenvalue weighted by Gasteiger charge is -2.20. The van der Waals surface area contributed by atoms with Gasteiger partial charge in [0.05, 0.1) is 7.11 Å². The zero-order valence-electron chi connectivity index (χ0n) is 10.9. The van der Waals surface area contributed by atoms with Crippen LogP contribution in [0.4, 0.5) is 0 Å². The first-order chi connectivity index (χ1) is 8.72. The Bertz CT molecular complexity index is 417. The van der Waals surface area contributed by atoms with Crippen LogP contribution in [0.3, 0.4) is 0 Å². The summed E-state index contributed by atoms with van der Waals surface area (Å²) in [6.07, 6.45) is 5.31. The molecule has 2 N–H and O–H groups in total. The third kappa shape index (κ3) is 2.91. The van der Waals surface area contributed by atoms with Crippen LogP contribution in [0.25, 0.3) is 0 Å². The minimum atomic E-state index is -0.0281. The lowest BCUT2D eigenvalue weighted by Crippen LogP contribution is -2.34. The van der Waals surface area contributed by atoms with Crippen LogP contribution >= 0.6 is 0 Å². The predicted octanol–water partition coefficient (Wildman–Crippen LogP) is 2.79. The summed E-state index contributed by atoms with van der Waals surface area (Å²) in [5.41, 5.74) is 6.85. The molecule has 3 heteroatoms. The monoisotopic (exact) mass is 247 g/mol. The van der Waals surface area contributed by atoms with E-state index in [1.54, 1.807) is 13.2 Å². The van der Waals surface area contributed by atoms with Crippen molar-refractivity contribution in [3.8, 4) is 5.75 Å². The van der Waals surface area contributed by atoms with E-state index in [1.807, 2.05) is 18.2 Å². The van der Waals surface area contributed by atoms with E-state index in [0.29, 0.717) is 0 Å². The van der Waals surface area contributed by atoms with Crippen molar-refractivity contribution >= 4 is 5.78 Å². The number of benzene rings is 1. The molecule has 0 spiro atoms. The van der Waals surface area contributed by atoms with Gasteiger partial charge in [0.1, 0.15) is 5.75 Å². The first-order valence-corrected chi connectivity index (χ1v) is 6.66. The number of hydrogen-bond acceptors (Lipinski definition) is 3. The number of ether oxygens (including phenoxy) is 1. The molecule has 0 bridgehead atoms. The Morgan fingerprint density at radius 2 is 2.06 bits per heavy atom. The summed E-state index contributed by atoms with van der Waals surface area (Å²) in [6, 6.07) is 7.37. The largest absolute Gasteiger partial charge is 0.497 e. The van der Waals surface area contributed by atoms with Gasteiger partial charge in [-0.25, -0.2) is 0 Å². The molecule has 2 unspecified atom stereocenters. The second-order valence-corrected chi connectivity index (χ2v) is 5.00. The summed E-state index contributed by atoms with van der Waals surface area (Å²) in [5.74, 6) is 0.867. The highest BCUT2D eigenvalue weighted by Crippen LogP contribution is 2.26. The Morgan fingerprint density at radius 1 is 1.28 bits per heavy atom. The van der Waals surface area contributed by atoms with Crippen molar-refractivity contribution in [2.75, 3.05) is 7.11 Å². The fourth-order valence-corrected chi connectivity index (χ4v) is 2.65. The van der Waals surface area contributed by atoms with Gasteiger partial charge in [0.15, 0.2) is 5.78 Å². The van der Waals surface area contributed by atoms with Crippen LogP contribution < -0.4 is 10.5 Å². The molecule has 1 aliphatic carbocycles. The second-order valence-electron chi connectivity index (χ2n) is 5.00. The number of hydrogen-bond donors (Lipinski definition) is 1. The highest BCUT2D eigenvalue weighted by molar-refractivity contribution is 5.98. The number of carbonyl (C=O) groups is 1. The zero-order valence-corrected chi connectivity index (χ0v) is 10.9. The van der Waals surface area contributed by atoms with E-state index in [9.17, 15) is 4.79 Å². The Balaban J connectivity index is 2.18. The highest BCUT2D eigenvalue weighted by Gasteiger charge is 2.27. The molecule has 0 heterocycles. The molecule has 98 valence electrons. The summed E-state index contributed by atoms with van der Waals surface area (Å²) in [6.45, 7) is 0. The molecule has 1 aromatic carbocycles. The molecule has 0 aliphatic heterocycles. The third-order valence-corrected chi connectivity index (χ3v) is 3.76. The van der Waals surface area contributed by atoms with Crippen LogP contribution in [0, 0.1) is 5.92 Å².